The van der Waals surface area contributed by atoms with Gasteiger partial charge in [0, 0.05) is 41.8 Å². The van der Waals surface area contributed by atoms with E-state index in [9.17, 15) is 97.0 Å². The number of amides is 6. The highest BCUT2D eigenvalue weighted by Crippen LogP contribution is 2.52. The van der Waals surface area contributed by atoms with Gasteiger partial charge in [-0.25, -0.2) is 0 Å². The number of carbonyl (C=O) groups excluding carboxylic acids is 7. The maximum atomic E-state index is 18.1. The van der Waals surface area contributed by atoms with Crippen LogP contribution in [0.15, 0.2) is 127 Å². The first-order valence-corrected chi connectivity index (χ1v) is 48.9. The molecule has 47 heteroatoms. The van der Waals surface area contributed by atoms with E-state index in [1.54, 1.807) is 6.92 Å². The van der Waals surface area contributed by atoms with Gasteiger partial charge in [-0.1, -0.05) is 55.5 Å². The van der Waals surface area contributed by atoms with E-state index >= 15 is 33.6 Å². The average molecular weight is 2100 g/mol. The molecule has 12 aliphatic rings. The first-order chi connectivity index (χ1) is 70.8. The first-order valence-electron chi connectivity index (χ1n) is 48.9. The maximum Gasteiger partial charge on any atom is 0.251 e. The summed E-state index contributed by atoms with van der Waals surface area (Å²) in [6, 6.07) is 23.5. The number of ketones is 1. The number of aliphatic hydroxyl groups excluding tert-OH is 16. The van der Waals surface area contributed by atoms with E-state index in [2.05, 4.69) is 31.9 Å². The second-order valence-electron chi connectivity index (χ2n) is 40.9. The van der Waals surface area contributed by atoms with E-state index in [1.165, 1.54) is 125 Å². The number of ether oxygens (including phenoxy) is 14. The van der Waals surface area contributed by atoms with Crippen LogP contribution in [0, 0.1) is 12.8 Å². The molecule has 19 rings (SSSR count). The van der Waals surface area contributed by atoms with E-state index in [0.717, 1.165) is 72.1 Å². The van der Waals surface area contributed by atoms with E-state index in [1.807, 2.05) is 0 Å². The summed E-state index contributed by atoms with van der Waals surface area (Å²) in [7, 11) is 1.12. The molecule has 1 saturated carbocycles. The summed E-state index contributed by atoms with van der Waals surface area (Å²) in [6.45, 7) is 9.91. The Morgan fingerprint density at radius 3 is 1.68 bits per heavy atom. The highest BCUT2D eigenvalue weighted by molar-refractivity contribution is 6.04. The zero-order valence-electron chi connectivity index (χ0n) is 83.0. The summed E-state index contributed by atoms with van der Waals surface area (Å²) >= 11 is 0. The van der Waals surface area contributed by atoms with Crippen LogP contribution < -0.4 is 56.6 Å². The normalized spacial score (nSPS) is 38.3. The van der Waals surface area contributed by atoms with Crippen LogP contribution >= 0.6 is 0 Å². The highest BCUT2D eigenvalue weighted by Gasteiger charge is 2.60. The zero-order valence-corrected chi connectivity index (χ0v) is 83.0. The number of fused-ring (bicyclic) bond motifs is 14. The Morgan fingerprint density at radius 1 is 0.473 bits per heavy atom. The molecule has 1 aliphatic carbocycles. The predicted octanol–water partition coefficient (Wildman–Crippen LogP) is -1.90. The van der Waals surface area contributed by atoms with Crippen LogP contribution in [0.25, 0.3) is 11.1 Å². The van der Waals surface area contributed by atoms with Crippen molar-refractivity contribution in [3.8, 4) is 68.6 Å². The smallest absolute Gasteiger partial charge is 0.251 e. The Bertz CT molecular complexity index is 6220. The lowest BCUT2D eigenvalue weighted by atomic mass is 9.80. The second kappa shape index (κ2) is 42.5. The van der Waals surface area contributed by atoms with Crippen LogP contribution in [0.3, 0.4) is 0 Å². The molecule has 5 saturated heterocycles. The molecule has 812 valence electrons. The van der Waals surface area contributed by atoms with Crippen molar-refractivity contribution in [1.82, 2.24) is 31.9 Å². The third-order valence-electron chi connectivity index (χ3n) is 30.5. The van der Waals surface area contributed by atoms with E-state index in [-0.39, 0.29) is 80.3 Å². The Labute approximate surface area is 856 Å². The molecule has 0 aromatic heterocycles. The Kier molecular flexibility index (Phi) is 31.1. The fourth-order valence-corrected chi connectivity index (χ4v) is 20.6. The summed E-state index contributed by atoms with van der Waals surface area (Å²) in [4.78, 5) is 117. The SMILES string of the molecule is CO[C@H]1O[C@@H](Oc2cccc3c2-c2cc(ccc2O)[C@@]2(C)NC(=O)[C@]4(C)NC(=O)[C@@]5(C)NC(=O)[C@](C)(NC(=O)[C@@H](C)c6ccc(O)c(c6)Oc6cc5cc(O)c6C)[C@H](O)c5ccc(cc5)Oc5cc4cc(c5C[C@@H]4O[C@H](CO[C@@H]5O[C@@H](C)C(O)[C@@H](O)[C@H]5O)[C@@H](O)[C@H](O)[C@H]4OC4O[C@H](CO)[C@@H](O)[C@H](O)[C@@H]4O[C@@H]4OC[C@@H](O)[C@@H](O)[C@@H]4O)Oc4ccc(cc4)[C@@H](O[C@@H]4C[C@@H](C)[C@H](O)[C@H](N)C4)[C@](C)(NC2=O)C(=O)NC3C(C)=O)[C@@H](O)[C@@H](O)[C@@H]1O. The largest absolute Gasteiger partial charge is 0.508 e. The monoisotopic (exact) mass is 2100 g/mol. The number of methoxy groups -OCH3 is 1. The third-order valence-corrected chi connectivity index (χ3v) is 30.5. The molecule has 3 unspecified atom stereocenters. The lowest BCUT2D eigenvalue weighted by Gasteiger charge is -2.48. The van der Waals surface area contributed by atoms with E-state index in [0.29, 0.717) is 0 Å². The van der Waals surface area contributed by atoms with Crippen molar-refractivity contribution in [2.45, 2.75) is 306 Å². The summed E-state index contributed by atoms with van der Waals surface area (Å²) in [5, 5.41) is 239. The van der Waals surface area contributed by atoms with Crippen molar-refractivity contribution >= 4 is 41.2 Å². The molecular weight excluding hydrogens is 1980 g/mol. The van der Waals surface area contributed by atoms with Crippen LogP contribution in [0.2, 0.25) is 0 Å². The number of aromatic hydroxyl groups is 3. The van der Waals surface area contributed by atoms with Crippen molar-refractivity contribution in [2.24, 2.45) is 11.7 Å². The summed E-state index contributed by atoms with van der Waals surface area (Å²) < 4.78 is 89.1. The van der Waals surface area contributed by atoms with Gasteiger partial charge in [-0.3, -0.25) is 33.6 Å². The number of hydrogen-bond acceptors (Lipinski definition) is 41. The van der Waals surface area contributed by atoms with E-state index < -0.39 is 342 Å². The van der Waals surface area contributed by atoms with Gasteiger partial charge in [0.2, 0.25) is 24.0 Å². The van der Waals surface area contributed by atoms with Gasteiger partial charge in [0.15, 0.2) is 42.4 Å². The number of Topliss-reactive ketones (excluding diaryl/α,β-unsaturated/α-hetero) is 1. The first kappa shape index (κ1) is 110. The number of nitrogens with one attached hydrogen (secondary N) is 6. The number of phenolic OH excluding ortho intramolecular Hbond substituents is 3. The Hall–Kier alpha value is -11.4. The molecule has 11 heterocycles. The molecule has 7 aromatic rings. The second-order valence-corrected chi connectivity index (χ2v) is 40.9. The molecule has 7 aromatic carbocycles. The summed E-state index contributed by atoms with van der Waals surface area (Å²) in [5.74, 6) is -15.1. The van der Waals surface area contributed by atoms with Gasteiger partial charge < -0.3 is 201 Å². The molecule has 47 nitrogen and oxygen atoms in total. The molecule has 0 spiro atoms. The fraction of sp³-hybridized carbons (Fsp3) is 0.524. The molecule has 37 atom stereocenters. The molecule has 6 fully saturated rings. The zero-order chi connectivity index (χ0) is 108. The van der Waals surface area contributed by atoms with Gasteiger partial charge in [-0.15, -0.1) is 0 Å². The molecule has 17 bridgehead atoms. The molecule has 0 radical (unpaired) electrons. The number of benzene rings is 7. The molecule has 11 aliphatic heterocycles. The van der Waals surface area contributed by atoms with Gasteiger partial charge in [-0.2, -0.15) is 0 Å². The van der Waals surface area contributed by atoms with Crippen LogP contribution in [-0.4, -0.2) is 342 Å². The van der Waals surface area contributed by atoms with Crippen LogP contribution in [-0.2, 0) is 104 Å². The molecular formula is C103H125N7O40. The lowest BCUT2D eigenvalue weighted by Crippen LogP contribution is -2.69. The number of hydrogen-bond donors (Lipinski definition) is 26. The Morgan fingerprint density at radius 2 is 1.04 bits per heavy atom. The highest BCUT2D eigenvalue weighted by atomic mass is 16.8. The van der Waals surface area contributed by atoms with E-state index in [4.69, 9.17) is 72.0 Å². The quantitative estimate of drug-likeness (QED) is 0.0502. The van der Waals surface area contributed by atoms with Crippen LogP contribution in [0.5, 0.6) is 57.5 Å². The summed E-state index contributed by atoms with van der Waals surface area (Å²) in [6.07, 6.45) is -54.6. The number of carbonyl (C=O) groups is 7. The van der Waals surface area contributed by atoms with Crippen LogP contribution in [0.1, 0.15) is 149 Å². The van der Waals surface area contributed by atoms with Crippen molar-refractivity contribution < 1.29 is 197 Å². The van der Waals surface area contributed by atoms with Crippen molar-refractivity contribution in [3.63, 3.8) is 0 Å². The average Bonchev–Trinajstić information content (AvgIpc) is 0.732. The third kappa shape index (κ3) is 20.3. The van der Waals surface area contributed by atoms with Crippen molar-refractivity contribution in [2.75, 3.05) is 26.9 Å². The maximum absolute atomic E-state index is 18.1. The minimum Gasteiger partial charge on any atom is -0.508 e. The number of nitrogens with two attached hydrogens (primary N) is 1. The minimum absolute atomic E-state index is 0.000486. The molecule has 27 N–H and O–H groups in total. The Balaban J connectivity index is 0.936. The lowest BCUT2D eigenvalue weighted by molar-refractivity contribution is -0.376. The number of rotatable bonds is 16. The topological polar surface area (TPSA) is 731 Å². The molecule has 150 heavy (non-hydrogen) atoms. The predicted molar refractivity (Wildman–Crippen MR) is 511 cm³/mol. The van der Waals surface area contributed by atoms with Gasteiger partial charge in [0.05, 0.1) is 50.2 Å². The van der Waals surface area contributed by atoms with Crippen LogP contribution in [0.4, 0.5) is 0 Å². The van der Waals surface area contributed by atoms with Crippen molar-refractivity contribution in [3.05, 3.63) is 177 Å². The van der Waals surface area contributed by atoms with Gasteiger partial charge in [-0.05, 0) is 199 Å². The van der Waals surface area contributed by atoms with Gasteiger partial charge >= 0.3 is 0 Å². The van der Waals surface area contributed by atoms with Crippen molar-refractivity contribution in [1.29, 1.82) is 0 Å². The van der Waals surface area contributed by atoms with Gasteiger partial charge in [0.25, 0.3) is 17.7 Å². The minimum atomic E-state index is -3.08. The molecule has 6 amide bonds. The summed E-state index contributed by atoms with van der Waals surface area (Å²) in [5.41, 5.74) is -10.1. The number of phenols is 3. The number of aliphatic hydroxyl groups is 16. The fourth-order valence-electron chi connectivity index (χ4n) is 20.6. The standard InChI is InChI=1S/C103H125N7O40/c1-39-27-52(34-56(104)71(39)117)143-87-45-17-23-51(24-18-45)142-64-33-49-32-63(55(64)35-66-84(78(124)75(121)68(145-66)38-139-90-82(128)76(122)72(118)43(5)140-90)148-93-85(79(125)74(120)67(36-111)147-93)149-91-80(126)73(119)60(116)37-138-91)141-50-21-15-44(16-22-50)86(130)102(9)98(136)109-100(7,48-30-59(115)41(3)62(31-48)144-65-28-46(19-25-58(65)114)40(2)88(131)106-102)96(134)108-101(49,8)97(135)107-99(6)47-20-26-57(113)54(29-47)69-53(70(42(4)112)105-94(132)103(87,10)110-95(99)133)13-12-14-61(69)146-92-83(129)77(123)81(127)89(137-11)150-92/h12-26,28-33,39-40,43,52,56,60,66-68,70-87,89-93,111,113-130H,27,34-38,104H2,1-11H3,(H,105,132)(H,106,131)(H,107,135)(H,108,134)(H,109,136)(H,110,133)/t39-,40+,43+,52-,56-,60-,66+,67-,68-,70?,71+,72?,73-,74-,75-,76-,77+,78+,79+,80+,81+,82-,83+,84+,85+,86-,87-,89+,90-,91+,92-,93?,99-,100+,101-,102-,103+/m1/s1. The van der Waals surface area contributed by atoms with Gasteiger partial charge in [0.1, 0.15) is 196 Å².